The SMILES string of the molecule is COC(=O)c1cc(O)cc(C(=O)N[C@@H](C(=O)N2CCC(c3ccc(Cl)cc3)CC2)C(C)C)c1. The molecule has 7 nitrogen and oxygen atoms in total. The number of esters is 1. The van der Waals surface area contributed by atoms with Crippen LogP contribution in [-0.2, 0) is 9.53 Å². The molecule has 2 aromatic carbocycles. The van der Waals surface area contributed by atoms with Crippen molar-refractivity contribution in [3.05, 3.63) is 64.2 Å². The van der Waals surface area contributed by atoms with Crippen LogP contribution in [0.15, 0.2) is 42.5 Å². The molecule has 1 fully saturated rings. The van der Waals surface area contributed by atoms with Crippen LogP contribution in [-0.4, -0.2) is 54.0 Å². The number of carbonyl (C=O) groups is 3. The molecular weight excluding hydrogens is 444 g/mol. The summed E-state index contributed by atoms with van der Waals surface area (Å²) in [5, 5.41) is 13.4. The van der Waals surface area contributed by atoms with E-state index in [2.05, 4.69) is 10.1 Å². The van der Waals surface area contributed by atoms with E-state index >= 15 is 0 Å². The van der Waals surface area contributed by atoms with Crippen LogP contribution >= 0.6 is 11.6 Å². The Morgan fingerprint density at radius 2 is 1.67 bits per heavy atom. The molecule has 2 amide bonds. The Bertz CT molecular complexity index is 1010. The lowest BCUT2D eigenvalue weighted by Gasteiger charge is -2.35. The van der Waals surface area contributed by atoms with Gasteiger partial charge in [-0.15, -0.1) is 0 Å². The van der Waals surface area contributed by atoms with Gasteiger partial charge in [-0.3, -0.25) is 9.59 Å². The summed E-state index contributed by atoms with van der Waals surface area (Å²) in [7, 11) is 1.22. The van der Waals surface area contributed by atoms with Crippen LogP contribution in [0.5, 0.6) is 5.75 Å². The molecule has 0 saturated carbocycles. The Balaban J connectivity index is 1.67. The van der Waals surface area contributed by atoms with E-state index in [1.165, 1.54) is 30.9 Å². The van der Waals surface area contributed by atoms with E-state index in [0.29, 0.717) is 24.0 Å². The lowest BCUT2D eigenvalue weighted by Crippen LogP contribution is -2.52. The number of nitrogens with zero attached hydrogens (tertiary/aromatic N) is 1. The van der Waals surface area contributed by atoms with Crippen LogP contribution in [0.25, 0.3) is 0 Å². The van der Waals surface area contributed by atoms with Crippen LogP contribution in [0.4, 0.5) is 0 Å². The standard InChI is InChI=1S/C25H29ClN2O5/c1-15(2)22(27-23(30)18-12-19(25(32)33-3)14-21(29)13-18)24(31)28-10-8-17(9-11-28)16-4-6-20(26)7-5-16/h4-7,12-15,17,22,29H,8-11H2,1-3H3,(H,27,30)/t22-/m1/s1. The minimum absolute atomic E-state index is 0.0549. The molecule has 2 N–H and O–H groups in total. The number of ether oxygens (including phenoxy) is 1. The van der Waals surface area contributed by atoms with Gasteiger partial charge in [0.15, 0.2) is 0 Å². The average Bonchev–Trinajstić information content (AvgIpc) is 2.81. The summed E-state index contributed by atoms with van der Waals surface area (Å²) in [6.07, 6.45) is 1.67. The Morgan fingerprint density at radius 1 is 1.06 bits per heavy atom. The summed E-state index contributed by atoms with van der Waals surface area (Å²) in [6, 6.07) is 10.9. The smallest absolute Gasteiger partial charge is 0.338 e. The number of rotatable bonds is 6. The van der Waals surface area contributed by atoms with Crippen molar-refractivity contribution in [1.29, 1.82) is 0 Å². The van der Waals surface area contributed by atoms with Gasteiger partial charge in [0.05, 0.1) is 12.7 Å². The zero-order valence-corrected chi connectivity index (χ0v) is 19.8. The maximum atomic E-state index is 13.3. The van der Waals surface area contributed by atoms with E-state index in [4.69, 9.17) is 11.6 Å². The molecule has 0 bridgehead atoms. The van der Waals surface area contributed by atoms with Crippen LogP contribution in [0.2, 0.25) is 5.02 Å². The van der Waals surface area contributed by atoms with Crippen molar-refractivity contribution in [2.75, 3.05) is 20.2 Å². The quantitative estimate of drug-likeness (QED) is 0.619. The van der Waals surface area contributed by atoms with E-state index in [1.54, 1.807) is 4.90 Å². The summed E-state index contributed by atoms with van der Waals surface area (Å²) in [4.78, 5) is 39.7. The third-order valence-corrected chi connectivity index (χ3v) is 6.22. The molecule has 33 heavy (non-hydrogen) atoms. The Kier molecular flexibility index (Phi) is 7.97. The number of hydrogen-bond acceptors (Lipinski definition) is 5. The number of nitrogens with one attached hydrogen (secondary N) is 1. The molecule has 1 saturated heterocycles. The highest BCUT2D eigenvalue weighted by Gasteiger charge is 2.32. The fourth-order valence-electron chi connectivity index (χ4n) is 4.08. The van der Waals surface area contributed by atoms with Gasteiger partial charge in [0.25, 0.3) is 5.91 Å². The van der Waals surface area contributed by atoms with Gasteiger partial charge >= 0.3 is 5.97 Å². The second kappa shape index (κ2) is 10.7. The van der Waals surface area contributed by atoms with Crippen molar-refractivity contribution < 1.29 is 24.2 Å². The molecule has 8 heteroatoms. The molecule has 1 aliphatic rings. The number of hydrogen-bond donors (Lipinski definition) is 2. The molecule has 2 aromatic rings. The number of aromatic hydroxyl groups is 1. The molecule has 0 spiro atoms. The van der Waals surface area contributed by atoms with Gasteiger partial charge in [-0.05, 0) is 60.6 Å². The first-order valence-electron chi connectivity index (χ1n) is 11.0. The third-order valence-electron chi connectivity index (χ3n) is 5.97. The summed E-state index contributed by atoms with van der Waals surface area (Å²) in [5.41, 5.74) is 1.35. The van der Waals surface area contributed by atoms with Crippen molar-refractivity contribution in [2.45, 2.75) is 38.6 Å². The van der Waals surface area contributed by atoms with E-state index in [1.807, 2.05) is 38.1 Å². The summed E-state index contributed by atoms with van der Waals surface area (Å²) in [6.45, 7) is 4.94. The number of piperidine rings is 1. The Labute approximate surface area is 198 Å². The highest BCUT2D eigenvalue weighted by Crippen LogP contribution is 2.29. The summed E-state index contributed by atoms with van der Waals surface area (Å²) >= 11 is 5.98. The lowest BCUT2D eigenvalue weighted by atomic mass is 9.89. The van der Waals surface area contributed by atoms with E-state index < -0.39 is 17.9 Å². The van der Waals surface area contributed by atoms with Crippen LogP contribution < -0.4 is 5.32 Å². The monoisotopic (exact) mass is 472 g/mol. The number of carbonyl (C=O) groups excluding carboxylic acids is 3. The number of likely N-dealkylation sites (tertiary alicyclic amines) is 1. The van der Waals surface area contributed by atoms with Gasteiger partial charge in [-0.2, -0.15) is 0 Å². The highest BCUT2D eigenvalue weighted by atomic mass is 35.5. The van der Waals surface area contributed by atoms with Gasteiger partial charge in [-0.25, -0.2) is 4.79 Å². The molecule has 0 aliphatic carbocycles. The third kappa shape index (κ3) is 6.05. The second-order valence-electron chi connectivity index (χ2n) is 8.61. The molecule has 0 radical (unpaired) electrons. The molecule has 1 atom stereocenters. The number of amides is 2. The van der Waals surface area contributed by atoms with Gasteiger partial charge in [0.1, 0.15) is 11.8 Å². The number of methoxy groups -OCH3 is 1. The molecule has 0 aromatic heterocycles. The predicted molar refractivity (Wildman–Crippen MR) is 126 cm³/mol. The van der Waals surface area contributed by atoms with Crippen molar-refractivity contribution in [3.8, 4) is 5.75 Å². The first-order chi connectivity index (χ1) is 15.7. The Morgan fingerprint density at radius 3 is 2.24 bits per heavy atom. The number of benzene rings is 2. The minimum Gasteiger partial charge on any atom is -0.508 e. The average molecular weight is 473 g/mol. The van der Waals surface area contributed by atoms with Crippen molar-refractivity contribution >= 4 is 29.4 Å². The maximum absolute atomic E-state index is 13.3. The minimum atomic E-state index is -0.728. The van der Waals surface area contributed by atoms with E-state index in [0.717, 1.165) is 12.8 Å². The fourth-order valence-corrected chi connectivity index (χ4v) is 4.21. The Hall–Kier alpha value is -3.06. The van der Waals surface area contributed by atoms with Crippen LogP contribution in [0.3, 0.4) is 0 Å². The van der Waals surface area contributed by atoms with Gasteiger partial charge in [0, 0.05) is 23.7 Å². The summed E-state index contributed by atoms with van der Waals surface area (Å²) < 4.78 is 4.66. The van der Waals surface area contributed by atoms with Crippen molar-refractivity contribution in [3.63, 3.8) is 0 Å². The molecule has 3 rings (SSSR count). The lowest BCUT2D eigenvalue weighted by molar-refractivity contribution is -0.135. The van der Waals surface area contributed by atoms with Crippen molar-refractivity contribution in [1.82, 2.24) is 10.2 Å². The molecule has 1 aliphatic heterocycles. The van der Waals surface area contributed by atoms with Crippen molar-refractivity contribution in [2.24, 2.45) is 5.92 Å². The van der Waals surface area contributed by atoms with Gasteiger partial charge in [-0.1, -0.05) is 37.6 Å². The topological polar surface area (TPSA) is 95.9 Å². The molecule has 0 unspecified atom stereocenters. The number of phenolic OH excluding ortho intramolecular Hbond substituents is 1. The summed E-state index contributed by atoms with van der Waals surface area (Å²) in [5.74, 6) is -1.37. The normalized spacial score (nSPS) is 15.2. The van der Waals surface area contributed by atoms with Crippen LogP contribution in [0.1, 0.15) is 58.9 Å². The fraction of sp³-hybridized carbons (Fsp3) is 0.400. The van der Waals surface area contributed by atoms with Gasteiger partial charge in [0.2, 0.25) is 5.91 Å². The molecule has 176 valence electrons. The first-order valence-corrected chi connectivity index (χ1v) is 11.3. The highest BCUT2D eigenvalue weighted by molar-refractivity contribution is 6.30. The van der Waals surface area contributed by atoms with Crippen LogP contribution in [0, 0.1) is 5.92 Å². The van der Waals surface area contributed by atoms with Gasteiger partial charge < -0.3 is 20.1 Å². The zero-order valence-electron chi connectivity index (χ0n) is 19.0. The molecular formula is C25H29ClN2O5. The van der Waals surface area contributed by atoms with E-state index in [-0.39, 0.29) is 28.7 Å². The molecule has 1 heterocycles. The zero-order chi connectivity index (χ0) is 24.1. The number of phenols is 1. The maximum Gasteiger partial charge on any atom is 0.338 e. The van der Waals surface area contributed by atoms with E-state index in [9.17, 15) is 19.5 Å². The second-order valence-corrected chi connectivity index (χ2v) is 9.04. The largest absolute Gasteiger partial charge is 0.508 e. The number of halogens is 1. The predicted octanol–water partition coefficient (Wildman–Crippen LogP) is 3.99. The first kappa shape index (κ1) is 24.6.